The first kappa shape index (κ1) is 13.1. The van der Waals surface area contributed by atoms with Crippen molar-refractivity contribution in [3.63, 3.8) is 0 Å². The molecule has 2 heteroatoms. The first-order valence-corrected chi connectivity index (χ1v) is 7.24. The second kappa shape index (κ2) is 5.09. The quantitative estimate of drug-likeness (QED) is 0.702. The number of nitrogens with zero attached hydrogens (tertiary/aromatic N) is 1. The molecule has 1 aliphatic heterocycles. The maximum absolute atomic E-state index is 11.0. The molecule has 0 atom stereocenters. The largest absolute Gasteiger partial charge is 0.303 e. The Morgan fingerprint density at radius 1 is 1.06 bits per heavy atom. The Labute approximate surface area is 106 Å². The number of carbonyl (C=O) groups excluding carboxylic acids is 1. The molecule has 0 aromatic carbocycles. The van der Waals surface area contributed by atoms with E-state index in [9.17, 15) is 4.79 Å². The van der Waals surface area contributed by atoms with E-state index in [1.165, 1.54) is 58.0 Å². The van der Waals surface area contributed by atoms with Gasteiger partial charge in [0.25, 0.3) is 0 Å². The summed E-state index contributed by atoms with van der Waals surface area (Å²) in [6.45, 7) is 7.44. The third kappa shape index (κ3) is 3.31. The predicted molar refractivity (Wildman–Crippen MR) is 71.0 cm³/mol. The normalized spacial score (nSPS) is 26.0. The summed E-state index contributed by atoms with van der Waals surface area (Å²) in [4.78, 5) is 13.5. The number of carbonyl (C=O) groups is 1. The third-order valence-corrected chi connectivity index (χ3v) is 4.78. The summed E-state index contributed by atoms with van der Waals surface area (Å²) in [5.41, 5.74) is 0.511. The van der Waals surface area contributed by atoms with Gasteiger partial charge in [-0.15, -0.1) is 0 Å². The maximum atomic E-state index is 11.0. The molecule has 1 aliphatic carbocycles. The summed E-state index contributed by atoms with van der Waals surface area (Å²) in [5, 5.41) is 0. The zero-order valence-electron chi connectivity index (χ0n) is 11.5. The number of rotatable bonds is 3. The summed E-state index contributed by atoms with van der Waals surface area (Å²) in [6.07, 6.45) is 11.1. The summed E-state index contributed by atoms with van der Waals surface area (Å²) >= 11 is 0. The molecule has 0 amide bonds. The molecule has 2 rings (SSSR count). The van der Waals surface area contributed by atoms with Crippen LogP contribution in [0, 0.1) is 10.8 Å². The lowest BCUT2D eigenvalue weighted by molar-refractivity contribution is -0.116. The molecule has 1 saturated heterocycles. The van der Waals surface area contributed by atoms with Gasteiger partial charge in [-0.3, -0.25) is 0 Å². The highest BCUT2D eigenvalue weighted by atomic mass is 16.1. The van der Waals surface area contributed by atoms with Crippen LogP contribution in [0.5, 0.6) is 0 Å². The monoisotopic (exact) mass is 237 g/mol. The van der Waals surface area contributed by atoms with E-state index in [-0.39, 0.29) is 5.41 Å². The molecule has 0 N–H and O–H groups in total. The van der Waals surface area contributed by atoms with E-state index < -0.39 is 0 Å². The third-order valence-electron chi connectivity index (χ3n) is 4.78. The van der Waals surface area contributed by atoms with Crippen LogP contribution < -0.4 is 0 Å². The molecule has 0 aromatic heterocycles. The lowest BCUT2D eigenvalue weighted by Crippen LogP contribution is -2.44. The molecule has 2 aliphatic rings. The molecule has 1 spiro atoms. The first-order valence-electron chi connectivity index (χ1n) is 7.24. The molecular weight excluding hydrogens is 210 g/mol. The number of aldehydes is 1. The van der Waals surface area contributed by atoms with Crippen LogP contribution in [0.2, 0.25) is 0 Å². The molecule has 17 heavy (non-hydrogen) atoms. The van der Waals surface area contributed by atoms with Gasteiger partial charge in [0.15, 0.2) is 0 Å². The van der Waals surface area contributed by atoms with Crippen molar-refractivity contribution in [3.05, 3.63) is 0 Å². The Morgan fingerprint density at radius 2 is 1.65 bits per heavy atom. The predicted octanol–water partition coefficient (Wildman–Crippen LogP) is 3.26. The Bertz CT molecular complexity index is 256. The van der Waals surface area contributed by atoms with E-state index in [2.05, 4.69) is 4.90 Å². The van der Waals surface area contributed by atoms with Crippen LogP contribution in [0.1, 0.15) is 58.8 Å². The summed E-state index contributed by atoms with van der Waals surface area (Å²) in [5.74, 6) is 0. The van der Waals surface area contributed by atoms with Gasteiger partial charge in [0.2, 0.25) is 0 Å². The standard InChI is InChI=1S/C15H27NO/c1-14(2,13-17)12-16-10-8-15(9-11-16)6-4-3-5-7-15/h13H,3-12H2,1-2H3. The van der Waals surface area contributed by atoms with E-state index in [0.29, 0.717) is 5.41 Å². The van der Waals surface area contributed by atoms with Crippen LogP contribution in [0.3, 0.4) is 0 Å². The van der Waals surface area contributed by atoms with Gasteiger partial charge < -0.3 is 9.69 Å². The average molecular weight is 237 g/mol. The molecule has 0 bridgehead atoms. The molecule has 2 nitrogen and oxygen atoms in total. The fraction of sp³-hybridized carbons (Fsp3) is 0.933. The minimum atomic E-state index is -0.170. The Morgan fingerprint density at radius 3 is 2.18 bits per heavy atom. The molecule has 0 aromatic rings. The Hall–Kier alpha value is -0.370. The highest BCUT2D eigenvalue weighted by Crippen LogP contribution is 2.44. The van der Waals surface area contributed by atoms with Gasteiger partial charge in [0, 0.05) is 12.0 Å². The van der Waals surface area contributed by atoms with Crippen molar-refractivity contribution in [2.24, 2.45) is 10.8 Å². The second-order valence-corrected chi connectivity index (χ2v) is 6.94. The van der Waals surface area contributed by atoms with Gasteiger partial charge in [-0.1, -0.05) is 33.1 Å². The van der Waals surface area contributed by atoms with Crippen molar-refractivity contribution >= 4 is 6.29 Å². The van der Waals surface area contributed by atoms with Crippen molar-refractivity contribution in [1.29, 1.82) is 0 Å². The molecular formula is C15H27NO. The highest BCUT2D eigenvalue weighted by molar-refractivity contribution is 5.58. The summed E-state index contributed by atoms with van der Waals surface area (Å²) in [7, 11) is 0. The minimum absolute atomic E-state index is 0.170. The number of hydrogen-bond acceptors (Lipinski definition) is 2. The van der Waals surface area contributed by atoms with Crippen LogP contribution >= 0.6 is 0 Å². The Balaban J connectivity index is 1.83. The number of likely N-dealkylation sites (tertiary alicyclic amines) is 1. The molecule has 2 fully saturated rings. The summed E-state index contributed by atoms with van der Waals surface area (Å²) in [6, 6.07) is 0. The van der Waals surface area contributed by atoms with E-state index in [0.717, 1.165) is 12.8 Å². The van der Waals surface area contributed by atoms with Crippen LogP contribution in [0.15, 0.2) is 0 Å². The van der Waals surface area contributed by atoms with E-state index in [1.54, 1.807) is 0 Å². The average Bonchev–Trinajstić information content (AvgIpc) is 2.34. The fourth-order valence-corrected chi connectivity index (χ4v) is 3.60. The lowest BCUT2D eigenvalue weighted by Gasteiger charge is -2.45. The fourth-order valence-electron chi connectivity index (χ4n) is 3.60. The zero-order valence-corrected chi connectivity index (χ0v) is 11.5. The first-order chi connectivity index (χ1) is 8.05. The second-order valence-electron chi connectivity index (χ2n) is 6.94. The topological polar surface area (TPSA) is 20.3 Å². The maximum Gasteiger partial charge on any atom is 0.126 e. The van der Waals surface area contributed by atoms with Crippen molar-refractivity contribution in [2.45, 2.75) is 58.8 Å². The molecule has 0 radical (unpaired) electrons. The molecule has 1 saturated carbocycles. The van der Waals surface area contributed by atoms with Gasteiger partial charge in [-0.05, 0) is 44.2 Å². The van der Waals surface area contributed by atoms with Crippen LogP contribution in [-0.2, 0) is 4.79 Å². The van der Waals surface area contributed by atoms with Crippen molar-refractivity contribution < 1.29 is 4.79 Å². The zero-order chi connectivity index (χ0) is 12.4. The van der Waals surface area contributed by atoms with Gasteiger partial charge in [-0.2, -0.15) is 0 Å². The lowest BCUT2D eigenvalue weighted by atomic mass is 9.68. The van der Waals surface area contributed by atoms with E-state index >= 15 is 0 Å². The van der Waals surface area contributed by atoms with Crippen molar-refractivity contribution in [3.8, 4) is 0 Å². The van der Waals surface area contributed by atoms with Gasteiger partial charge >= 0.3 is 0 Å². The van der Waals surface area contributed by atoms with Gasteiger partial charge in [0.1, 0.15) is 6.29 Å². The minimum Gasteiger partial charge on any atom is -0.303 e. The summed E-state index contributed by atoms with van der Waals surface area (Å²) < 4.78 is 0. The smallest absolute Gasteiger partial charge is 0.126 e. The van der Waals surface area contributed by atoms with E-state index in [1.807, 2.05) is 13.8 Å². The number of piperidine rings is 1. The van der Waals surface area contributed by atoms with E-state index in [4.69, 9.17) is 0 Å². The SMILES string of the molecule is CC(C)(C=O)CN1CCC2(CCCCC2)CC1. The van der Waals surface area contributed by atoms with Gasteiger partial charge in [0.05, 0.1) is 0 Å². The molecule has 0 unspecified atom stereocenters. The number of hydrogen-bond donors (Lipinski definition) is 0. The molecule has 98 valence electrons. The molecule has 1 heterocycles. The highest BCUT2D eigenvalue weighted by Gasteiger charge is 2.36. The van der Waals surface area contributed by atoms with Crippen molar-refractivity contribution in [2.75, 3.05) is 19.6 Å². The van der Waals surface area contributed by atoms with Crippen LogP contribution in [-0.4, -0.2) is 30.8 Å². The van der Waals surface area contributed by atoms with Crippen LogP contribution in [0.4, 0.5) is 0 Å². The van der Waals surface area contributed by atoms with Crippen molar-refractivity contribution in [1.82, 2.24) is 4.90 Å². The Kier molecular flexibility index (Phi) is 3.92. The van der Waals surface area contributed by atoms with Gasteiger partial charge in [-0.25, -0.2) is 0 Å². The van der Waals surface area contributed by atoms with Crippen LogP contribution in [0.25, 0.3) is 0 Å².